The number of hydrogen-bond donors (Lipinski definition) is 2. The van der Waals surface area contributed by atoms with Crippen LogP contribution in [0.5, 0.6) is 0 Å². The summed E-state index contributed by atoms with van der Waals surface area (Å²) >= 11 is 0. The van der Waals surface area contributed by atoms with Crippen molar-refractivity contribution in [3.05, 3.63) is 47.3 Å². The van der Waals surface area contributed by atoms with E-state index >= 15 is 0 Å². The SMILES string of the molecule is CCNC(=NCc1ccccc1-n1nc(C)cc1C)NCCCCOCC.I. The average Bonchev–Trinajstić information content (AvgIpc) is 3.00. The zero-order valence-corrected chi connectivity index (χ0v) is 19.8. The van der Waals surface area contributed by atoms with Crippen molar-refractivity contribution in [1.29, 1.82) is 0 Å². The lowest BCUT2D eigenvalue weighted by Gasteiger charge is -2.13. The third kappa shape index (κ3) is 7.79. The van der Waals surface area contributed by atoms with Gasteiger partial charge in [-0.1, -0.05) is 18.2 Å². The molecule has 0 unspecified atom stereocenters. The van der Waals surface area contributed by atoms with Crippen molar-refractivity contribution in [2.45, 2.75) is 47.1 Å². The molecule has 0 spiro atoms. The van der Waals surface area contributed by atoms with Crippen LogP contribution in [0.25, 0.3) is 5.69 Å². The molecule has 28 heavy (non-hydrogen) atoms. The molecule has 0 aliphatic carbocycles. The fraction of sp³-hybridized carbons (Fsp3) is 0.524. The van der Waals surface area contributed by atoms with E-state index in [4.69, 9.17) is 9.73 Å². The van der Waals surface area contributed by atoms with Gasteiger partial charge in [-0.2, -0.15) is 5.10 Å². The molecular weight excluding hydrogens is 465 g/mol. The van der Waals surface area contributed by atoms with E-state index in [2.05, 4.69) is 47.8 Å². The van der Waals surface area contributed by atoms with Crippen LogP contribution >= 0.6 is 24.0 Å². The molecule has 7 heteroatoms. The van der Waals surface area contributed by atoms with Crippen LogP contribution in [0.3, 0.4) is 0 Å². The van der Waals surface area contributed by atoms with Crippen LogP contribution in [0.1, 0.15) is 43.6 Å². The average molecular weight is 499 g/mol. The molecule has 156 valence electrons. The smallest absolute Gasteiger partial charge is 0.191 e. The molecule has 0 fully saturated rings. The number of nitrogens with zero attached hydrogens (tertiary/aromatic N) is 3. The maximum Gasteiger partial charge on any atom is 0.191 e. The summed E-state index contributed by atoms with van der Waals surface area (Å²) < 4.78 is 7.37. The van der Waals surface area contributed by atoms with Gasteiger partial charge in [-0.15, -0.1) is 24.0 Å². The second-order valence-electron chi connectivity index (χ2n) is 6.49. The van der Waals surface area contributed by atoms with Gasteiger partial charge in [0.15, 0.2) is 5.96 Å². The number of aliphatic imine (C=N–C) groups is 1. The number of nitrogens with one attached hydrogen (secondary N) is 2. The lowest BCUT2D eigenvalue weighted by molar-refractivity contribution is 0.143. The van der Waals surface area contributed by atoms with Crippen molar-refractivity contribution in [3.63, 3.8) is 0 Å². The topological polar surface area (TPSA) is 63.5 Å². The van der Waals surface area contributed by atoms with Crippen LogP contribution < -0.4 is 10.6 Å². The first kappa shape index (κ1) is 24.4. The highest BCUT2D eigenvalue weighted by Crippen LogP contribution is 2.17. The van der Waals surface area contributed by atoms with Crippen LogP contribution in [0.2, 0.25) is 0 Å². The summed E-state index contributed by atoms with van der Waals surface area (Å²) in [7, 11) is 0. The maximum atomic E-state index is 5.38. The standard InChI is InChI=1S/C21H33N5O.HI/c1-5-22-21(23-13-9-10-14-27-6-2)24-16-19-11-7-8-12-20(19)26-18(4)15-17(3)25-26;/h7-8,11-12,15H,5-6,9-10,13-14,16H2,1-4H3,(H2,22,23,24);1H. The Morgan fingerprint density at radius 2 is 1.93 bits per heavy atom. The molecule has 1 aromatic carbocycles. The van der Waals surface area contributed by atoms with Crippen molar-refractivity contribution < 1.29 is 4.74 Å². The first-order valence-electron chi connectivity index (χ1n) is 9.87. The summed E-state index contributed by atoms with van der Waals surface area (Å²) in [6.07, 6.45) is 2.12. The molecule has 0 aliphatic rings. The highest BCUT2D eigenvalue weighted by molar-refractivity contribution is 14.0. The number of halogens is 1. The Morgan fingerprint density at radius 1 is 1.14 bits per heavy atom. The van der Waals surface area contributed by atoms with Gasteiger partial charge in [-0.05, 0) is 58.2 Å². The van der Waals surface area contributed by atoms with E-state index in [9.17, 15) is 0 Å². The molecule has 2 aromatic rings. The predicted octanol–water partition coefficient (Wildman–Crippen LogP) is 3.98. The largest absolute Gasteiger partial charge is 0.382 e. The van der Waals surface area contributed by atoms with Crippen LogP contribution in [-0.2, 0) is 11.3 Å². The first-order chi connectivity index (χ1) is 13.2. The quantitative estimate of drug-likeness (QED) is 0.225. The Kier molecular flexibility index (Phi) is 11.8. The zero-order valence-electron chi connectivity index (χ0n) is 17.5. The molecule has 0 saturated heterocycles. The van der Waals surface area contributed by atoms with E-state index in [1.165, 1.54) is 0 Å². The molecule has 0 bridgehead atoms. The fourth-order valence-electron chi connectivity index (χ4n) is 2.91. The van der Waals surface area contributed by atoms with Gasteiger partial charge in [-0.3, -0.25) is 0 Å². The number of ether oxygens (including phenoxy) is 1. The minimum atomic E-state index is 0. The molecule has 0 aliphatic heterocycles. The van der Waals surface area contributed by atoms with Gasteiger partial charge in [0.25, 0.3) is 0 Å². The van der Waals surface area contributed by atoms with Gasteiger partial charge in [0.2, 0.25) is 0 Å². The molecule has 1 heterocycles. The monoisotopic (exact) mass is 499 g/mol. The minimum Gasteiger partial charge on any atom is -0.382 e. The Labute approximate surface area is 186 Å². The van der Waals surface area contributed by atoms with E-state index in [0.29, 0.717) is 6.54 Å². The van der Waals surface area contributed by atoms with E-state index in [1.54, 1.807) is 0 Å². The fourth-order valence-corrected chi connectivity index (χ4v) is 2.91. The van der Waals surface area contributed by atoms with Gasteiger partial charge < -0.3 is 15.4 Å². The Bertz CT molecular complexity index is 729. The molecule has 2 rings (SSSR count). The molecule has 1 aromatic heterocycles. The van der Waals surface area contributed by atoms with Gasteiger partial charge in [0.1, 0.15) is 0 Å². The van der Waals surface area contributed by atoms with Gasteiger partial charge in [0.05, 0.1) is 17.9 Å². The van der Waals surface area contributed by atoms with Crippen molar-refractivity contribution in [3.8, 4) is 5.69 Å². The highest BCUT2D eigenvalue weighted by atomic mass is 127. The number of hydrogen-bond acceptors (Lipinski definition) is 3. The number of aryl methyl sites for hydroxylation is 2. The lowest BCUT2D eigenvalue weighted by Crippen LogP contribution is -2.37. The summed E-state index contributed by atoms with van der Waals surface area (Å²) in [6.45, 7) is 12.1. The predicted molar refractivity (Wildman–Crippen MR) is 127 cm³/mol. The van der Waals surface area contributed by atoms with E-state index in [0.717, 1.165) is 67.7 Å². The number of benzene rings is 1. The lowest BCUT2D eigenvalue weighted by atomic mass is 10.2. The third-order valence-electron chi connectivity index (χ3n) is 4.19. The summed E-state index contributed by atoms with van der Waals surface area (Å²) in [5.41, 5.74) is 4.38. The Hall–Kier alpha value is -1.61. The number of para-hydroxylation sites is 1. The van der Waals surface area contributed by atoms with Crippen LogP contribution in [0, 0.1) is 13.8 Å². The minimum absolute atomic E-state index is 0. The second kappa shape index (κ2) is 13.5. The maximum absolute atomic E-state index is 5.38. The number of rotatable bonds is 10. The van der Waals surface area contributed by atoms with Gasteiger partial charge in [0, 0.05) is 32.0 Å². The molecule has 2 N–H and O–H groups in total. The van der Waals surface area contributed by atoms with Crippen LogP contribution in [-0.4, -0.2) is 42.0 Å². The van der Waals surface area contributed by atoms with Crippen molar-refractivity contribution in [2.75, 3.05) is 26.3 Å². The molecule has 0 radical (unpaired) electrons. The Morgan fingerprint density at radius 3 is 2.61 bits per heavy atom. The summed E-state index contributed by atoms with van der Waals surface area (Å²) in [5.74, 6) is 0.845. The first-order valence-corrected chi connectivity index (χ1v) is 9.87. The van der Waals surface area contributed by atoms with Crippen LogP contribution in [0.15, 0.2) is 35.3 Å². The number of aromatic nitrogens is 2. The molecule has 0 saturated carbocycles. The van der Waals surface area contributed by atoms with Gasteiger partial charge >= 0.3 is 0 Å². The van der Waals surface area contributed by atoms with Crippen molar-refractivity contribution in [1.82, 2.24) is 20.4 Å². The second-order valence-corrected chi connectivity index (χ2v) is 6.49. The summed E-state index contributed by atoms with van der Waals surface area (Å²) in [4.78, 5) is 4.76. The number of guanidine groups is 1. The molecule has 6 nitrogen and oxygen atoms in total. The van der Waals surface area contributed by atoms with E-state index in [1.807, 2.05) is 30.7 Å². The van der Waals surface area contributed by atoms with E-state index in [-0.39, 0.29) is 24.0 Å². The van der Waals surface area contributed by atoms with E-state index < -0.39 is 0 Å². The molecular formula is C21H34IN5O. The normalized spacial score (nSPS) is 11.2. The van der Waals surface area contributed by atoms with Crippen LogP contribution in [0.4, 0.5) is 0 Å². The zero-order chi connectivity index (χ0) is 19.5. The molecule has 0 atom stereocenters. The number of unbranched alkanes of at least 4 members (excludes halogenated alkanes) is 1. The van der Waals surface area contributed by atoms with Crippen molar-refractivity contribution >= 4 is 29.9 Å². The molecule has 0 amide bonds. The third-order valence-corrected chi connectivity index (χ3v) is 4.19. The summed E-state index contributed by atoms with van der Waals surface area (Å²) in [6, 6.07) is 10.4. The summed E-state index contributed by atoms with van der Waals surface area (Å²) in [5, 5.41) is 11.3. The van der Waals surface area contributed by atoms with Crippen molar-refractivity contribution in [2.24, 2.45) is 4.99 Å². The highest BCUT2D eigenvalue weighted by Gasteiger charge is 2.08. The Balaban J connectivity index is 0.00000392. The van der Waals surface area contributed by atoms with Gasteiger partial charge in [-0.25, -0.2) is 9.67 Å².